The Labute approximate surface area is 204 Å². The molecular formula is C30H50O3. The summed E-state index contributed by atoms with van der Waals surface area (Å²) >= 11 is 0. The van der Waals surface area contributed by atoms with Crippen LogP contribution in [-0.4, -0.2) is 19.0 Å². The van der Waals surface area contributed by atoms with Gasteiger partial charge in [-0.05, 0) is 6.42 Å². The van der Waals surface area contributed by atoms with E-state index in [0.29, 0.717) is 19.6 Å². The molecule has 1 aliphatic heterocycles. The zero-order chi connectivity index (χ0) is 23.8. The number of hydrogen-bond donors (Lipinski definition) is 0. The lowest BCUT2D eigenvalue weighted by Gasteiger charge is -2.34. The summed E-state index contributed by atoms with van der Waals surface area (Å²) in [6.07, 6.45) is 20.6. The minimum Gasteiger partial charge on any atom is -0.348 e. The van der Waals surface area contributed by atoms with Gasteiger partial charge in [-0.25, -0.2) is 0 Å². The molecule has 1 aromatic rings. The van der Waals surface area contributed by atoms with Crippen molar-refractivity contribution in [2.75, 3.05) is 13.2 Å². The molecule has 1 aromatic carbocycles. The van der Waals surface area contributed by atoms with Crippen molar-refractivity contribution in [2.24, 2.45) is 5.41 Å². The highest BCUT2D eigenvalue weighted by Gasteiger charge is 2.29. The summed E-state index contributed by atoms with van der Waals surface area (Å²) in [5.74, 6) is 0.253. The Morgan fingerprint density at radius 3 is 1.61 bits per heavy atom. The zero-order valence-electron chi connectivity index (χ0n) is 21.8. The van der Waals surface area contributed by atoms with Crippen LogP contribution in [0.1, 0.15) is 146 Å². The number of Topliss-reactive ketones (excluding diaryl/α,β-unsaturated/α-hetero) is 1. The Kier molecular flexibility index (Phi) is 14.0. The van der Waals surface area contributed by atoms with Crippen LogP contribution in [0.4, 0.5) is 0 Å². The minimum atomic E-state index is -0.308. The van der Waals surface area contributed by atoms with Crippen molar-refractivity contribution in [3.05, 3.63) is 35.4 Å². The molecule has 0 aliphatic carbocycles. The van der Waals surface area contributed by atoms with E-state index in [9.17, 15) is 4.79 Å². The molecule has 3 heteroatoms. The molecule has 1 heterocycles. The van der Waals surface area contributed by atoms with Gasteiger partial charge in [0.15, 0.2) is 12.1 Å². The minimum absolute atomic E-state index is 0.0691. The molecule has 0 spiro atoms. The van der Waals surface area contributed by atoms with Gasteiger partial charge in [-0.3, -0.25) is 4.79 Å². The van der Waals surface area contributed by atoms with Gasteiger partial charge in [0.1, 0.15) is 0 Å². The van der Waals surface area contributed by atoms with Crippen molar-refractivity contribution in [2.45, 2.75) is 130 Å². The summed E-state index contributed by atoms with van der Waals surface area (Å²) < 4.78 is 11.7. The number of ether oxygens (including phenoxy) is 2. The number of hydrogen-bond acceptors (Lipinski definition) is 3. The summed E-state index contributed by atoms with van der Waals surface area (Å²) in [6, 6.07) is 7.80. The van der Waals surface area contributed by atoms with E-state index >= 15 is 0 Å². The largest absolute Gasteiger partial charge is 0.348 e. The molecule has 0 amide bonds. The lowest BCUT2D eigenvalue weighted by atomic mass is 9.95. The van der Waals surface area contributed by atoms with Gasteiger partial charge < -0.3 is 9.47 Å². The van der Waals surface area contributed by atoms with Crippen LogP contribution >= 0.6 is 0 Å². The van der Waals surface area contributed by atoms with Crippen LogP contribution in [0.25, 0.3) is 0 Å². The first-order valence-corrected chi connectivity index (χ1v) is 13.9. The van der Waals surface area contributed by atoms with Crippen LogP contribution in [0.2, 0.25) is 0 Å². The highest BCUT2D eigenvalue weighted by molar-refractivity contribution is 5.96. The Morgan fingerprint density at radius 1 is 0.727 bits per heavy atom. The quantitative estimate of drug-likeness (QED) is 0.162. The standard InChI is InChI=1S/C30H50O3/c1-4-5-6-7-8-9-10-11-12-13-14-15-16-17-18-19-28(31)26-20-22-27(23-21-26)29-32-24-30(2,3)25-33-29/h20-23,29H,4-19,24-25H2,1-3H3. The molecule has 0 N–H and O–H groups in total. The Balaban J connectivity index is 1.44. The molecule has 0 aromatic heterocycles. The highest BCUT2D eigenvalue weighted by Crippen LogP contribution is 2.31. The van der Waals surface area contributed by atoms with Gasteiger partial charge in [0.25, 0.3) is 0 Å². The van der Waals surface area contributed by atoms with Crippen LogP contribution in [0.5, 0.6) is 0 Å². The second kappa shape index (κ2) is 16.4. The SMILES string of the molecule is CCCCCCCCCCCCCCCCCC(=O)c1ccc(C2OCC(C)(C)CO2)cc1. The number of carbonyl (C=O) groups excluding carboxylic acids is 1. The van der Waals surface area contributed by atoms with Crippen molar-refractivity contribution in [3.8, 4) is 0 Å². The molecule has 1 aliphatic rings. The average molecular weight is 459 g/mol. The number of rotatable bonds is 18. The maximum atomic E-state index is 12.5. The van der Waals surface area contributed by atoms with E-state index < -0.39 is 0 Å². The highest BCUT2D eigenvalue weighted by atomic mass is 16.7. The van der Waals surface area contributed by atoms with Crippen LogP contribution < -0.4 is 0 Å². The summed E-state index contributed by atoms with van der Waals surface area (Å²) in [4.78, 5) is 12.5. The second-order valence-electron chi connectivity index (χ2n) is 10.9. The first-order chi connectivity index (χ1) is 16.0. The van der Waals surface area contributed by atoms with Crippen molar-refractivity contribution in [3.63, 3.8) is 0 Å². The van der Waals surface area contributed by atoms with E-state index in [0.717, 1.165) is 17.5 Å². The van der Waals surface area contributed by atoms with Crippen molar-refractivity contribution in [1.29, 1.82) is 0 Å². The number of unbranched alkanes of at least 4 members (excludes halogenated alkanes) is 14. The third kappa shape index (κ3) is 12.2. The van der Waals surface area contributed by atoms with Gasteiger partial charge in [0, 0.05) is 23.0 Å². The molecule has 3 nitrogen and oxygen atoms in total. The van der Waals surface area contributed by atoms with Gasteiger partial charge in [-0.1, -0.05) is 135 Å². The van der Waals surface area contributed by atoms with Gasteiger partial charge in [-0.2, -0.15) is 0 Å². The molecular weight excluding hydrogens is 408 g/mol. The monoisotopic (exact) mass is 458 g/mol. The summed E-state index contributed by atoms with van der Waals surface area (Å²) in [6.45, 7) is 7.95. The molecule has 0 bridgehead atoms. The molecule has 0 atom stereocenters. The first kappa shape index (κ1) is 28.1. The molecule has 33 heavy (non-hydrogen) atoms. The fourth-order valence-electron chi connectivity index (χ4n) is 4.51. The number of ketones is 1. The fourth-order valence-corrected chi connectivity index (χ4v) is 4.51. The number of carbonyl (C=O) groups is 1. The van der Waals surface area contributed by atoms with E-state index in [1.165, 1.54) is 89.9 Å². The van der Waals surface area contributed by atoms with Crippen LogP contribution in [0.3, 0.4) is 0 Å². The smallest absolute Gasteiger partial charge is 0.183 e. The molecule has 188 valence electrons. The average Bonchev–Trinajstić information content (AvgIpc) is 2.81. The number of benzene rings is 1. The molecule has 1 saturated heterocycles. The maximum absolute atomic E-state index is 12.5. The van der Waals surface area contributed by atoms with Crippen molar-refractivity contribution < 1.29 is 14.3 Å². The zero-order valence-corrected chi connectivity index (χ0v) is 21.8. The second-order valence-corrected chi connectivity index (χ2v) is 10.9. The normalized spacial score (nSPS) is 16.2. The van der Waals surface area contributed by atoms with Gasteiger partial charge in [-0.15, -0.1) is 0 Å². The third-order valence-electron chi connectivity index (χ3n) is 6.76. The topological polar surface area (TPSA) is 35.5 Å². The Hall–Kier alpha value is -1.19. The van der Waals surface area contributed by atoms with E-state index in [2.05, 4.69) is 20.8 Å². The van der Waals surface area contributed by atoms with E-state index in [1.807, 2.05) is 24.3 Å². The molecule has 1 fully saturated rings. The molecule has 2 rings (SSSR count). The maximum Gasteiger partial charge on any atom is 0.183 e. The first-order valence-electron chi connectivity index (χ1n) is 13.9. The summed E-state index contributed by atoms with van der Waals surface area (Å²) in [7, 11) is 0. The van der Waals surface area contributed by atoms with Crippen LogP contribution in [0, 0.1) is 5.41 Å². The predicted octanol–water partition coefficient (Wildman–Crippen LogP) is 9.20. The third-order valence-corrected chi connectivity index (χ3v) is 6.76. The van der Waals surface area contributed by atoms with Gasteiger partial charge in [0.2, 0.25) is 0 Å². The van der Waals surface area contributed by atoms with Crippen LogP contribution in [-0.2, 0) is 9.47 Å². The van der Waals surface area contributed by atoms with E-state index in [-0.39, 0.29) is 17.5 Å². The lowest BCUT2D eigenvalue weighted by molar-refractivity contribution is -0.226. The Morgan fingerprint density at radius 2 is 1.15 bits per heavy atom. The molecule has 0 saturated carbocycles. The fraction of sp³-hybridized carbons (Fsp3) is 0.767. The predicted molar refractivity (Wildman–Crippen MR) is 139 cm³/mol. The lowest BCUT2D eigenvalue weighted by Crippen LogP contribution is -2.33. The summed E-state index contributed by atoms with van der Waals surface area (Å²) in [5.41, 5.74) is 1.87. The van der Waals surface area contributed by atoms with E-state index in [1.54, 1.807) is 0 Å². The van der Waals surface area contributed by atoms with Crippen molar-refractivity contribution >= 4 is 5.78 Å². The summed E-state index contributed by atoms with van der Waals surface area (Å²) in [5, 5.41) is 0. The molecule has 0 unspecified atom stereocenters. The molecule has 0 radical (unpaired) electrons. The Bertz CT molecular complexity index is 624. The van der Waals surface area contributed by atoms with Crippen molar-refractivity contribution in [1.82, 2.24) is 0 Å². The van der Waals surface area contributed by atoms with E-state index in [4.69, 9.17) is 9.47 Å². The van der Waals surface area contributed by atoms with Crippen LogP contribution in [0.15, 0.2) is 24.3 Å². The van der Waals surface area contributed by atoms with Gasteiger partial charge >= 0.3 is 0 Å². The van der Waals surface area contributed by atoms with Gasteiger partial charge in [0.05, 0.1) is 13.2 Å².